The van der Waals surface area contributed by atoms with Crippen molar-refractivity contribution in [1.29, 1.82) is 0 Å². The van der Waals surface area contributed by atoms with Crippen LogP contribution in [0.15, 0.2) is 24.0 Å². The molecule has 5 nitrogen and oxygen atoms in total. The van der Waals surface area contributed by atoms with Crippen LogP contribution >= 0.6 is 0 Å². The molecule has 110 valence electrons. The third-order valence-electron chi connectivity index (χ3n) is 3.71. The van der Waals surface area contributed by atoms with Gasteiger partial charge in [-0.25, -0.2) is 0 Å². The van der Waals surface area contributed by atoms with Crippen LogP contribution in [-0.4, -0.2) is 46.8 Å². The van der Waals surface area contributed by atoms with E-state index in [0.29, 0.717) is 13.0 Å². The Morgan fingerprint density at radius 3 is 2.95 bits per heavy atom. The Kier molecular flexibility index (Phi) is 4.95. The van der Waals surface area contributed by atoms with Crippen LogP contribution in [0.5, 0.6) is 0 Å². The molecule has 1 atom stereocenters. The number of nitrogens with one attached hydrogen (secondary N) is 1. The van der Waals surface area contributed by atoms with Gasteiger partial charge in [-0.3, -0.25) is 9.48 Å². The summed E-state index contributed by atoms with van der Waals surface area (Å²) < 4.78 is 1.81. The lowest BCUT2D eigenvalue weighted by Crippen LogP contribution is -2.37. The largest absolute Gasteiger partial charge is 0.350 e. The molecule has 1 amide bonds. The highest BCUT2D eigenvalue weighted by Crippen LogP contribution is 2.13. The molecule has 20 heavy (non-hydrogen) atoms. The molecule has 1 aliphatic heterocycles. The summed E-state index contributed by atoms with van der Waals surface area (Å²) in [5, 5.41) is 7.26. The Balaban J connectivity index is 1.76. The van der Waals surface area contributed by atoms with E-state index in [4.69, 9.17) is 0 Å². The minimum absolute atomic E-state index is 0.0884. The molecule has 1 aromatic heterocycles. The second kappa shape index (κ2) is 6.70. The molecule has 0 bridgehead atoms. The minimum Gasteiger partial charge on any atom is -0.350 e. The maximum absolute atomic E-state index is 12.0. The lowest BCUT2D eigenvalue weighted by atomic mass is 10.0. The van der Waals surface area contributed by atoms with Crippen LogP contribution in [0.1, 0.15) is 25.3 Å². The van der Waals surface area contributed by atoms with E-state index in [0.717, 1.165) is 25.1 Å². The van der Waals surface area contributed by atoms with Gasteiger partial charge in [-0.05, 0) is 38.5 Å². The van der Waals surface area contributed by atoms with Crippen LogP contribution in [0, 0.1) is 6.92 Å². The van der Waals surface area contributed by atoms with E-state index in [1.807, 2.05) is 24.0 Å². The van der Waals surface area contributed by atoms with E-state index < -0.39 is 0 Å². The Morgan fingerprint density at radius 1 is 1.55 bits per heavy atom. The average molecular weight is 276 g/mol. The van der Waals surface area contributed by atoms with Gasteiger partial charge in [0.25, 0.3) is 0 Å². The topological polar surface area (TPSA) is 50.2 Å². The zero-order chi connectivity index (χ0) is 14.5. The maximum Gasteiger partial charge on any atom is 0.222 e. The molecule has 5 heteroatoms. The second-order valence-corrected chi connectivity index (χ2v) is 5.61. The molecule has 0 spiro atoms. The molecule has 1 aromatic rings. The van der Waals surface area contributed by atoms with Crippen molar-refractivity contribution in [1.82, 2.24) is 20.0 Å². The number of hydrogen-bond acceptors (Lipinski definition) is 3. The summed E-state index contributed by atoms with van der Waals surface area (Å²) in [6.07, 6.45) is 7.50. The van der Waals surface area contributed by atoms with Crippen LogP contribution < -0.4 is 5.32 Å². The van der Waals surface area contributed by atoms with Crippen molar-refractivity contribution >= 4 is 5.91 Å². The van der Waals surface area contributed by atoms with Gasteiger partial charge in [0.15, 0.2) is 0 Å². The first kappa shape index (κ1) is 14.8. The van der Waals surface area contributed by atoms with Crippen LogP contribution in [0.3, 0.4) is 0 Å². The zero-order valence-electron chi connectivity index (χ0n) is 12.6. The van der Waals surface area contributed by atoms with Gasteiger partial charge in [0, 0.05) is 38.3 Å². The standard InChI is InChI=1S/C15H24N4O/c1-12-10-16-19(11-12)9-6-15(20)17-13(2)14-4-7-18(3)8-5-14/h4,10-11,13H,5-9H2,1-3H3,(H,17,20). The van der Waals surface area contributed by atoms with Crippen LogP contribution in [0.2, 0.25) is 0 Å². The molecule has 1 aliphatic rings. The lowest BCUT2D eigenvalue weighted by molar-refractivity contribution is -0.121. The molecule has 0 fully saturated rings. The van der Waals surface area contributed by atoms with E-state index in [-0.39, 0.29) is 11.9 Å². The van der Waals surface area contributed by atoms with Gasteiger partial charge in [0.05, 0.1) is 6.20 Å². The molecule has 0 aromatic carbocycles. The Labute approximate surface area is 120 Å². The fourth-order valence-electron chi connectivity index (χ4n) is 2.39. The maximum atomic E-state index is 12.0. The third-order valence-corrected chi connectivity index (χ3v) is 3.71. The quantitative estimate of drug-likeness (QED) is 0.826. The molecule has 0 saturated carbocycles. The molecule has 2 heterocycles. The van der Waals surface area contributed by atoms with E-state index in [2.05, 4.69) is 35.4 Å². The van der Waals surface area contributed by atoms with Crippen molar-refractivity contribution in [3.05, 3.63) is 29.6 Å². The smallest absolute Gasteiger partial charge is 0.222 e. The molecular formula is C15H24N4O. The zero-order valence-corrected chi connectivity index (χ0v) is 12.6. The highest BCUT2D eigenvalue weighted by molar-refractivity contribution is 5.76. The van der Waals surface area contributed by atoms with Crippen molar-refractivity contribution in [3.63, 3.8) is 0 Å². The normalized spacial score (nSPS) is 17.6. The van der Waals surface area contributed by atoms with Crippen molar-refractivity contribution in [2.24, 2.45) is 0 Å². The summed E-state index contributed by atoms with van der Waals surface area (Å²) in [7, 11) is 2.11. The van der Waals surface area contributed by atoms with E-state index >= 15 is 0 Å². The highest BCUT2D eigenvalue weighted by Gasteiger charge is 2.15. The predicted octanol–water partition coefficient (Wildman–Crippen LogP) is 1.35. The summed E-state index contributed by atoms with van der Waals surface area (Å²) in [5.41, 5.74) is 2.46. The molecule has 1 unspecified atom stereocenters. The van der Waals surface area contributed by atoms with E-state index in [1.54, 1.807) is 0 Å². The van der Waals surface area contributed by atoms with E-state index in [9.17, 15) is 4.79 Å². The van der Waals surface area contributed by atoms with Gasteiger partial charge in [0.2, 0.25) is 5.91 Å². The fraction of sp³-hybridized carbons (Fsp3) is 0.600. The molecule has 0 saturated heterocycles. The fourth-order valence-corrected chi connectivity index (χ4v) is 2.39. The summed E-state index contributed by atoms with van der Waals surface area (Å²) in [6, 6.07) is 0.135. The Hall–Kier alpha value is -1.62. The lowest BCUT2D eigenvalue weighted by Gasteiger charge is -2.26. The average Bonchev–Trinajstić information content (AvgIpc) is 2.83. The number of amides is 1. The summed E-state index contributed by atoms with van der Waals surface area (Å²) in [4.78, 5) is 14.2. The van der Waals surface area contributed by atoms with Gasteiger partial charge in [-0.15, -0.1) is 0 Å². The predicted molar refractivity (Wildman–Crippen MR) is 79.4 cm³/mol. The number of likely N-dealkylation sites (N-methyl/N-ethyl adjacent to an activating group) is 1. The number of aromatic nitrogens is 2. The van der Waals surface area contributed by atoms with E-state index in [1.165, 1.54) is 5.57 Å². The number of rotatable bonds is 5. The molecule has 0 radical (unpaired) electrons. The van der Waals surface area contributed by atoms with Crippen molar-refractivity contribution in [2.45, 2.75) is 39.3 Å². The van der Waals surface area contributed by atoms with Crippen molar-refractivity contribution < 1.29 is 4.79 Å². The first-order valence-corrected chi connectivity index (χ1v) is 7.20. The highest BCUT2D eigenvalue weighted by atomic mass is 16.1. The van der Waals surface area contributed by atoms with Gasteiger partial charge >= 0.3 is 0 Å². The third kappa shape index (κ3) is 4.20. The first-order valence-electron chi connectivity index (χ1n) is 7.20. The van der Waals surface area contributed by atoms with Gasteiger partial charge < -0.3 is 10.2 Å². The first-order chi connectivity index (χ1) is 9.54. The van der Waals surface area contributed by atoms with Crippen molar-refractivity contribution in [3.8, 4) is 0 Å². The molecular weight excluding hydrogens is 252 g/mol. The summed E-state index contributed by atoms with van der Waals surface area (Å²) >= 11 is 0. The molecule has 2 rings (SSSR count). The number of carbonyl (C=O) groups is 1. The van der Waals surface area contributed by atoms with Gasteiger partial charge in [0.1, 0.15) is 0 Å². The van der Waals surface area contributed by atoms with Crippen molar-refractivity contribution in [2.75, 3.05) is 20.1 Å². The summed E-state index contributed by atoms with van der Waals surface area (Å²) in [5.74, 6) is 0.0884. The SMILES string of the molecule is Cc1cnn(CCC(=O)NC(C)C2=CCN(C)CC2)c1. The number of nitrogens with zero attached hydrogens (tertiary/aromatic N) is 3. The summed E-state index contributed by atoms with van der Waals surface area (Å²) in [6.45, 7) is 6.74. The Morgan fingerprint density at radius 2 is 2.35 bits per heavy atom. The van der Waals surface area contributed by atoms with Crippen LogP contribution in [0.4, 0.5) is 0 Å². The number of aryl methyl sites for hydroxylation is 2. The van der Waals surface area contributed by atoms with Crippen LogP contribution in [0.25, 0.3) is 0 Å². The molecule has 1 N–H and O–H groups in total. The number of hydrogen-bond donors (Lipinski definition) is 1. The number of carbonyl (C=O) groups excluding carboxylic acids is 1. The van der Waals surface area contributed by atoms with Crippen LogP contribution in [-0.2, 0) is 11.3 Å². The van der Waals surface area contributed by atoms with Gasteiger partial charge in [-0.2, -0.15) is 5.10 Å². The second-order valence-electron chi connectivity index (χ2n) is 5.61. The minimum atomic E-state index is 0.0884. The van der Waals surface area contributed by atoms with Gasteiger partial charge in [-0.1, -0.05) is 6.08 Å². The monoisotopic (exact) mass is 276 g/mol. The Bertz CT molecular complexity index is 492. The molecule has 0 aliphatic carbocycles.